The van der Waals surface area contributed by atoms with Gasteiger partial charge in [0.05, 0.1) is 15.7 Å². The molecule has 19 heavy (non-hydrogen) atoms. The highest BCUT2D eigenvalue weighted by atomic mass is 32.2. The van der Waals surface area contributed by atoms with Crippen molar-refractivity contribution in [3.05, 3.63) is 24.3 Å². The van der Waals surface area contributed by atoms with E-state index in [2.05, 4.69) is 0 Å². The minimum atomic E-state index is -3.31. The zero-order valence-corrected chi connectivity index (χ0v) is 12.5. The molecule has 0 aliphatic rings. The summed E-state index contributed by atoms with van der Waals surface area (Å²) in [6.45, 7) is 3.36. The number of carboxylic acid groups (broad SMARTS) is 1. The predicted octanol–water partition coefficient (Wildman–Crippen LogP) is 1.31. The molecule has 0 saturated carbocycles. The van der Waals surface area contributed by atoms with Gasteiger partial charge in [0.2, 0.25) is 0 Å². The van der Waals surface area contributed by atoms with E-state index in [-0.39, 0.29) is 10.8 Å². The topological polar surface area (TPSA) is 88.5 Å². The normalized spacial score (nSPS) is 15.2. The van der Waals surface area contributed by atoms with Crippen molar-refractivity contribution in [2.75, 3.05) is 6.26 Å². The van der Waals surface area contributed by atoms with Gasteiger partial charge in [0.25, 0.3) is 0 Å². The molecule has 0 saturated heterocycles. The molecule has 1 N–H and O–H groups in total. The molecule has 7 heteroatoms. The molecule has 1 rings (SSSR count). The summed E-state index contributed by atoms with van der Waals surface area (Å²) in [6.07, 6.45) is 1.08. The number of hydrogen-bond donors (Lipinski definition) is 1. The van der Waals surface area contributed by atoms with E-state index in [9.17, 15) is 17.4 Å². The molecule has 0 spiro atoms. The summed E-state index contributed by atoms with van der Waals surface area (Å²) in [5.74, 6) is -1.41. The lowest BCUT2D eigenvalue weighted by molar-refractivity contribution is -0.137. The van der Waals surface area contributed by atoms with E-state index in [4.69, 9.17) is 5.11 Å². The Labute approximate surface area is 115 Å². The van der Waals surface area contributed by atoms with Crippen molar-refractivity contribution in [2.24, 2.45) is 5.92 Å². The standard InChI is InChI=1S/C12H16O5S2/c1-8(2)11(12(13)14)18(15)9-4-6-10(7-5-9)19(3,16)17/h4-8,11H,1-3H3,(H,13,14). The zero-order valence-electron chi connectivity index (χ0n) is 10.9. The third kappa shape index (κ3) is 3.87. The van der Waals surface area contributed by atoms with Gasteiger partial charge in [-0.15, -0.1) is 0 Å². The number of hydrogen-bond acceptors (Lipinski definition) is 4. The van der Waals surface area contributed by atoms with Gasteiger partial charge in [-0.05, 0) is 30.2 Å². The summed E-state index contributed by atoms with van der Waals surface area (Å²) in [6, 6.07) is 5.46. The Balaban J connectivity index is 3.11. The lowest BCUT2D eigenvalue weighted by Crippen LogP contribution is -2.31. The van der Waals surface area contributed by atoms with Crippen LogP contribution in [0, 0.1) is 5.92 Å². The molecule has 0 radical (unpaired) electrons. The Morgan fingerprint density at radius 1 is 1.21 bits per heavy atom. The van der Waals surface area contributed by atoms with Gasteiger partial charge >= 0.3 is 5.97 Å². The first-order valence-corrected chi connectivity index (χ1v) is 8.68. The fraction of sp³-hybridized carbons (Fsp3) is 0.417. The first kappa shape index (κ1) is 15.8. The Morgan fingerprint density at radius 2 is 1.68 bits per heavy atom. The van der Waals surface area contributed by atoms with Crippen molar-refractivity contribution in [3.63, 3.8) is 0 Å². The number of carbonyl (C=O) groups is 1. The summed E-state index contributed by atoms with van der Waals surface area (Å²) in [4.78, 5) is 11.5. The fourth-order valence-electron chi connectivity index (χ4n) is 1.59. The quantitative estimate of drug-likeness (QED) is 0.886. The van der Waals surface area contributed by atoms with Crippen LogP contribution >= 0.6 is 0 Å². The van der Waals surface area contributed by atoms with Crippen LogP contribution in [0.2, 0.25) is 0 Å². The first-order valence-electron chi connectivity index (χ1n) is 5.58. The molecule has 1 aromatic carbocycles. The lowest BCUT2D eigenvalue weighted by atomic mass is 10.1. The van der Waals surface area contributed by atoms with Gasteiger partial charge in [0.15, 0.2) is 9.84 Å². The van der Waals surface area contributed by atoms with Crippen LogP contribution in [-0.4, -0.2) is 35.2 Å². The Morgan fingerprint density at radius 3 is 2.00 bits per heavy atom. The molecule has 0 bridgehead atoms. The van der Waals surface area contributed by atoms with Crippen LogP contribution in [0.1, 0.15) is 13.8 Å². The van der Waals surface area contributed by atoms with E-state index in [1.54, 1.807) is 13.8 Å². The molecule has 0 aliphatic heterocycles. The molecular weight excluding hydrogens is 288 g/mol. The highest BCUT2D eigenvalue weighted by Crippen LogP contribution is 2.19. The highest BCUT2D eigenvalue weighted by molar-refractivity contribution is 7.90. The van der Waals surface area contributed by atoms with Gasteiger partial charge in [-0.1, -0.05) is 13.8 Å². The summed E-state index contributed by atoms with van der Waals surface area (Å²) in [5, 5.41) is 8.06. The Bertz CT molecular complexity index is 587. The van der Waals surface area contributed by atoms with E-state index < -0.39 is 31.9 Å². The molecule has 0 aliphatic carbocycles. The number of benzene rings is 1. The molecule has 2 atom stereocenters. The minimum Gasteiger partial charge on any atom is -0.480 e. The molecule has 2 unspecified atom stereocenters. The van der Waals surface area contributed by atoms with Gasteiger partial charge in [0.1, 0.15) is 5.25 Å². The van der Waals surface area contributed by atoms with Crippen molar-refractivity contribution in [1.82, 2.24) is 0 Å². The van der Waals surface area contributed by atoms with Gasteiger partial charge in [0, 0.05) is 11.2 Å². The van der Waals surface area contributed by atoms with Crippen molar-refractivity contribution in [2.45, 2.75) is 28.9 Å². The summed E-state index contributed by atoms with van der Waals surface area (Å²) in [7, 11) is -5.02. The van der Waals surface area contributed by atoms with Gasteiger partial charge in [-0.3, -0.25) is 9.00 Å². The Hall–Kier alpha value is -1.21. The van der Waals surface area contributed by atoms with Crippen molar-refractivity contribution in [3.8, 4) is 0 Å². The maximum Gasteiger partial charge on any atom is 0.319 e. The molecular formula is C12H16O5S2. The second kappa shape index (κ2) is 5.83. The average Bonchev–Trinajstić information content (AvgIpc) is 2.27. The minimum absolute atomic E-state index is 0.115. The van der Waals surface area contributed by atoms with Crippen LogP contribution in [0.15, 0.2) is 34.1 Å². The van der Waals surface area contributed by atoms with Crippen LogP contribution < -0.4 is 0 Å². The van der Waals surface area contributed by atoms with Crippen molar-refractivity contribution >= 4 is 26.6 Å². The molecule has 0 fully saturated rings. The smallest absolute Gasteiger partial charge is 0.319 e. The van der Waals surface area contributed by atoms with Gasteiger partial charge < -0.3 is 5.11 Å². The van der Waals surface area contributed by atoms with Gasteiger partial charge in [-0.2, -0.15) is 0 Å². The highest BCUT2D eigenvalue weighted by Gasteiger charge is 2.29. The molecule has 106 valence electrons. The molecule has 0 amide bonds. The Kier molecular flexibility index (Phi) is 4.86. The number of carboxylic acids is 1. The van der Waals surface area contributed by atoms with Crippen molar-refractivity contribution in [1.29, 1.82) is 0 Å². The molecule has 1 aromatic rings. The van der Waals surface area contributed by atoms with E-state index in [0.29, 0.717) is 4.90 Å². The lowest BCUT2D eigenvalue weighted by Gasteiger charge is -2.15. The summed E-state index contributed by atoms with van der Waals surface area (Å²) >= 11 is 0. The van der Waals surface area contributed by atoms with E-state index in [0.717, 1.165) is 6.26 Å². The summed E-state index contributed by atoms with van der Waals surface area (Å²) in [5.41, 5.74) is 0. The van der Waals surface area contributed by atoms with Crippen LogP contribution in [0.4, 0.5) is 0 Å². The number of aliphatic carboxylic acids is 1. The fourth-order valence-corrected chi connectivity index (χ4v) is 3.60. The van der Waals surface area contributed by atoms with E-state index in [1.165, 1.54) is 24.3 Å². The zero-order chi connectivity index (χ0) is 14.8. The third-order valence-electron chi connectivity index (χ3n) is 2.56. The maximum atomic E-state index is 12.2. The number of rotatable bonds is 5. The van der Waals surface area contributed by atoms with Crippen LogP contribution in [0.3, 0.4) is 0 Å². The monoisotopic (exact) mass is 304 g/mol. The van der Waals surface area contributed by atoms with E-state index >= 15 is 0 Å². The predicted molar refractivity (Wildman–Crippen MR) is 72.2 cm³/mol. The van der Waals surface area contributed by atoms with E-state index in [1.807, 2.05) is 0 Å². The van der Waals surface area contributed by atoms with Gasteiger partial charge in [-0.25, -0.2) is 8.42 Å². The first-order chi connectivity index (χ1) is 8.64. The van der Waals surface area contributed by atoms with Crippen molar-refractivity contribution < 1.29 is 22.5 Å². The van der Waals surface area contributed by atoms with Crippen LogP contribution in [0.5, 0.6) is 0 Å². The third-order valence-corrected chi connectivity index (χ3v) is 5.64. The largest absolute Gasteiger partial charge is 0.480 e. The maximum absolute atomic E-state index is 12.2. The second-order valence-electron chi connectivity index (χ2n) is 4.54. The molecule has 5 nitrogen and oxygen atoms in total. The number of sulfone groups is 1. The summed E-state index contributed by atoms with van der Waals surface area (Å²) < 4.78 is 34.8. The van der Waals surface area contributed by atoms with Crippen LogP contribution in [0.25, 0.3) is 0 Å². The molecule has 0 heterocycles. The molecule has 0 aromatic heterocycles. The SMILES string of the molecule is CC(C)C(C(=O)O)S(=O)c1ccc(S(C)(=O)=O)cc1. The van der Waals surface area contributed by atoms with Crippen LogP contribution in [-0.2, 0) is 25.4 Å². The second-order valence-corrected chi connectivity index (χ2v) is 8.13. The average molecular weight is 304 g/mol.